The molecule has 0 bridgehead atoms. The maximum atomic E-state index is 9.73. The van der Waals surface area contributed by atoms with Crippen molar-refractivity contribution in [1.29, 1.82) is 0 Å². The van der Waals surface area contributed by atoms with Gasteiger partial charge in [0.25, 0.3) is 0 Å². The zero-order valence-electron chi connectivity index (χ0n) is 21.8. The zero-order valence-corrected chi connectivity index (χ0v) is 21.8. The van der Waals surface area contributed by atoms with Crippen LogP contribution in [0, 0.1) is 5.92 Å². The van der Waals surface area contributed by atoms with Crippen LogP contribution < -0.4 is 11.1 Å². The number of benzene rings is 1. The molecule has 0 amide bonds. The van der Waals surface area contributed by atoms with E-state index in [9.17, 15) is 15.3 Å². The van der Waals surface area contributed by atoms with Crippen LogP contribution in [-0.2, 0) is 16.6 Å². The lowest BCUT2D eigenvalue weighted by molar-refractivity contribution is 0.00151. The molecule has 4 aromatic rings. The summed E-state index contributed by atoms with van der Waals surface area (Å²) in [5, 5.41) is 32.9. The Labute approximate surface area is 225 Å². The lowest BCUT2D eigenvalue weighted by atomic mass is 9.77. The van der Waals surface area contributed by atoms with Gasteiger partial charge in [-0.2, -0.15) is 0 Å². The number of hydrogen-bond acceptors (Lipinski definition) is 10. The lowest BCUT2D eigenvalue weighted by Gasteiger charge is -2.36. The number of nitrogen functional groups attached to an aromatic ring is 1. The molecule has 12 nitrogen and oxygen atoms in total. The average Bonchev–Trinajstić information content (AvgIpc) is 3.67. The average molecular weight is 537 g/mol. The topological polar surface area (TPSA) is 180 Å². The van der Waals surface area contributed by atoms with Gasteiger partial charge in [0, 0.05) is 19.0 Å². The van der Waals surface area contributed by atoms with E-state index in [0.717, 1.165) is 61.9 Å². The number of nitrogens with zero attached hydrogens (tertiary/aromatic N) is 5. The minimum atomic E-state index is -1.06. The van der Waals surface area contributed by atoms with Gasteiger partial charge in [-0.25, -0.2) is 19.9 Å². The number of aryl methyl sites for hydroxylation is 1. The first-order valence-electron chi connectivity index (χ1n) is 13.7. The third-order valence-electron chi connectivity index (χ3n) is 8.49. The summed E-state index contributed by atoms with van der Waals surface area (Å²) in [5.74, 6) is 1.98. The minimum Gasteiger partial charge on any atom is -0.395 e. The summed E-state index contributed by atoms with van der Waals surface area (Å²) in [6.07, 6.45) is 9.40. The first-order valence-corrected chi connectivity index (χ1v) is 13.7. The predicted octanol–water partition coefficient (Wildman–Crippen LogP) is 1.18. The van der Waals surface area contributed by atoms with E-state index in [1.54, 1.807) is 6.33 Å². The fourth-order valence-corrected chi connectivity index (χ4v) is 5.83. The van der Waals surface area contributed by atoms with Crippen molar-refractivity contribution in [1.82, 2.24) is 34.8 Å². The summed E-state index contributed by atoms with van der Waals surface area (Å²) in [6, 6.07) is 6.07. The van der Waals surface area contributed by atoms with E-state index in [0.29, 0.717) is 34.5 Å². The maximum Gasteiger partial charge on any atom is 0.167 e. The number of fused-ring (bicyclic) bond motifs is 2. The third kappa shape index (κ3) is 4.98. The Morgan fingerprint density at radius 3 is 2.72 bits per heavy atom. The number of nitrogens with one attached hydrogen (secondary N) is 2. The second kappa shape index (κ2) is 10.8. The van der Waals surface area contributed by atoms with Gasteiger partial charge in [0.2, 0.25) is 0 Å². The number of H-pyrrole nitrogens is 1. The second-order valence-electron chi connectivity index (χ2n) is 11.0. The van der Waals surface area contributed by atoms with Crippen molar-refractivity contribution in [2.45, 2.75) is 62.3 Å². The molecule has 0 spiro atoms. The van der Waals surface area contributed by atoms with Gasteiger partial charge in [0.15, 0.2) is 11.5 Å². The molecule has 1 aliphatic carbocycles. The van der Waals surface area contributed by atoms with Crippen molar-refractivity contribution in [2.75, 3.05) is 32.1 Å². The van der Waals surface area contributed by atoms with Crippen LogP contribution in [0.2, 0.25) is 0 Å². The van der Waals surface area contributed by atoms with E-state index >= 15 is 0 Å². The van der Waals surface area contributed by atoms with Crippen LogP contribution in [0.25, 0.3) is 22.2 Å². The van der Waals surface area contributed by atoms with Crippen LogP contribution in [0.5, 0.6) is 0 Å². The number of aromatic amines is 1. The Kier molecular flexibility index (Phi) is 7.21. The van der Waals surface area contributed by atoms with Gasteiger partial charge in [0.05, 0.1) is 48.7 Å². The Morgan fingerprint density at radius 1 is 1.10 bits per heavy atom. The molecule has 1 saturated heterocycles. The van der Waals surface area contributed by atoms with Gasteiger partial charge in [0.1, 0.15) is 23.9 Å². The molecular weight excluding hydrogens is 500 g/mol. The van der Waals surface area contributed by atoms with Crippen molar-refractivity contribution < 1.29 is 20.1 Å². The van der Waals surface area contributed by atoms with Crippen LogP contribution in [-0.4, -0.2) is 83.3 Å². The molecule has 2 fully saturated rings. The minimum absolute atomic E-state index is 0.0857. The molecule has 12 heteroatoms. The van der Waals surface area contributed by atoms with Crippen LogP contribution in [0.15, 0.2) is 30.9 Å². The highest BCUT2D eigenvalue weighted by molar-refractivity contribution is 5.81. The van der Waals surface area contributed by atoms with Crippen LogP contribution in [0.4, 0.5) is 5.82 Å². The molecule has 3 aromatic heterocycles. The Balaban J connectivity index is 0.952. The highest BCUT2D eigenvalue weighted by Gasteiger charge is 2.33. The molecule has 0 radical (unpaired) electrons. The molecule has 1 aliphatic heterocycles. The summed E-state index contributed by atoms with van der Waals surface area (Å²) >= 11 is 0. The Hall–Kier alpha value is -3.16. The van der Waals surface area contributed by atoms with Crippen molar-refractivity contribution in [3.63, 3.8) is 0 Å². The zero-order chi connectivity index (χ0) is 27.0. The Bertz CT molecular complexity index is 1420. The highest BCUT2D eigenvalue weighted by atomic mass is 16.5. The van der Waals surface area contributed by atoms with Gasteiger partial charge in [-0.1, -0.05) is 6.07 Å². The number of anilines is 1. The Morgan fingerprint density at radius 2 is 1.92 bits per heavy atom. The second-order valence-corrected chi connectivity index (χ2v) is 11.0. The summed E-state index contributed by atoms with van der Waals surface area (Å²) in [6.45, 7) is -0.155. The highest BCUT2D eigenvalue weighted by Crippen LogP contribution is 2.34. The SMILES string of the molecule is Nc1ncnc2c1ncn2C1CCC(CNC2CC(CCc3nc4ccc(C(CO)(CO)CO)cc4[nH]3)C2)O1. The lowest BCUT2D eigenvalue weighted by Crippen LogP contribution is -2.44. The van der Waals surface area contributed by atoms with Gasteiger partial charge >= 0.3 is 0 Å². The van der Waals surface area contributed by atoms with Gasteiger partial charge in [-0.05, 0) is 55.7 Å². The first kappa shape index (κ1) is 26.1. The van der Waals surface area contributed by atoms with Crippen LogP contribution in [0.3, 0.4) is 0 Å². The van der Waals surface area contributed by atoms with Crippen molar-refractivity contribution in [3.05, 3.63) is 42.2 Å². The number of hydrogen-bond donors (Lipinski definition) is 6. The van der Waals surface area contributed by atoms with Gasteiger partial charge < -0.3 is 36.1 Å². The largest absolute Gasteiger partial charge is 0.395 e. The van der Waals surface area contributed by atoms with Crippen LogP contribution >= 0.6 is 0 Å². The van der Waals surface area contributed by atoms with E-state index in [1.165, 1.54) is 6.33 Å². The molecular formula is C27H36N8O4. The molecule has 6 rings (SSSR count). The van der Waals surface area contributed by atoms with E-state index in [-0.39, 0.29) is 32.2 Å². The number of nitrogens with two attached hydrogens (primary N) is 1. The van der Waals surface area contributed by atoms with E-state index in [2.05, 4.69) is 25.3 Å². The van der Waals surface area contributed by atoms with Gasteiger partial charge in [-0.3, -0.25) is 4.57 Å². The van der Waals surface area contributed by atoms with E-state index in [1.807, 2.05) is 22.8 Å². The standard InChI is InChI=1S/C27H36N8O4/c28-25-24-26(31-14-30-25)35(15-32-24)23-6-3-19(39-23)10-29-18-7-16(8-18)1-5-22-33-20-4-2-17(9-21(20)34-22)27(11-36,12-37)13-38/h2,4,9,14-16,18-19,23,29,36-38H,1,3,5-8,10-13H2,(H,33,34)(H2,28,30,31). The van der Waals surface area contributed by atoms with E-state index < -0.39 is 5.41 Å². The first-order chi connectivity index (χ1) is 19.0. The molecule has 2 aliphatic rings. The van der Waals surface area contributed by atoms with Crippen molar-refractivity contribution >= 4 is 28.0 Å². The number of aromatic nitrogens is 6. The fraction of sp³-hybridized carbons (Fsp3) is 0.556. The number of imidazole rings is 2. The molecule has 7 N–H and O–H groups in total. The summed E-state index contributed by atoms with van der Waals surface area (Å²) in [4.78, 5) is 20.8. The normalized spacial score (nSPS) is 23.6. The van der Waals surface area contributed by atoms with Gasteiger partial charge in [-0.15, -0.1) is 0 Å². The summed E-state index contributed by atoms with van der Waals surface area (Å²) in [7, 11) is 0. The van der Waals surface area contributed by atoms with E-state index in [4.69, 9.17) is 15.5 Å². The molecule has 39 heavy (non-hydrogen) atoms. The smallest absolute Gasteiger partial charge is 0.167 e. The molecule has 208 valence electrons. The number of aliphatic hydroxyl groups is 3. The molecule has 2 unspecified atom stereocenters. The summed E-state index contributed by atoms with van der Waals surface area (Å²) in [5.41, 5.74) is 8.57. The number of rotatable bonds is 11. The quantitative estimate of drug-likeness (QED) is 0.163. The monoisotopic (exact) mass is 536 g/mol. The van der Waals surface area contributed by atoms with Crippen molar-refractivity contribution in [2.24, 2.45) is 5.92 Å². The molecule has 1 saturated carbocycles. The predicted molar refractivity (Wildman–Crippen MR) is 145 cm³/mol. The maximum absolute atomic E-state index is 9.73. The third-order valence-corrected chi connectivity index (χ3v) is 8.49. The van der Waals surface area contributed by atoms with Crippen LogP contribution in [0.1, 0.15) is 49.7 Å². The molecule has 1 aromatic carbocycles. The number of ether oxygens (including phenoxy) is 1. The number of aliphatic hydroxyl groups excluding tert-OH is 3. The van der Waals surface area contributed by atoms with Crippen molar-refractivity contribution in [3.8, 4) is 0 Å². The fourth-order valence-electron chi connectivity index (χ4n) is 5.83. The molecule has 2 atom stereocenters. The molecule has 4 heterocycles. The summed E-state index contributed by atoms with van der Waals surface area (Å²) < 4.78 is 8.24.